The molecule has 2 aromatic rings. The average Bonchev–Trinajstić information content (AvgIpc) is 2.75. The van der Waals surface area contributed by atoms with Crippen molar-refractivity contribution in [2.24, 2.45) is 5.92 Å². The minimum absolute atomic E-state index is 0.129. The SMILES string of the molecule is Cc1cccc(-c2cnc(N3CCC(C(=O)NC4CCCCC4)CC3)nc2)c1. The highest BCUT2D eigenvalue weighted by Crippen LogP contribution is 2.24. The Kier molecular flexibility index (Phi) is 5.89. The van der Waals surface area contributed by atoms with Crippen LogP contribution in [0.5, 0.6) is 0 Å². The van der Waals surface area contributed by atoms with Gasteiger partial charge in [0.1, 0.15) is 0 Å². The fourth-order valence-corrected chi connectivity index (χ4v) is 4.37. The number of piperidine rings is 1. The largest absolute Gasteiger partial charge is 0.353 e. The van der Waals surface area contributed by atoms with Crippen LogP contribution in [0.2, 0.25) is 0 Å². The summed E-state index contributed by atoms with van der Waals surface area (Å²) in [6.07, 6.45) is 11.7. The number of aromatic nitrogens is 2. The molecule has 1 saturated carbocycles. The van der Waals surface area contributed by atoms with E-state index in [1.54, 1.807) is 0 Å². The van der Waals surface area contributed by atoms with Crippen molar-refractivity contribution >= 4 is 11.9 Å². The predicted octanol–water partition coefficient (Wildman–Crippen LogP) is 4.12. The molecule has 1 saturated heterocycles. The topological polar surface area (TPSA) is 58.1 Å². The molecule has 1 amide bonds. The van der Waals surface area contributed by atoms with E-state index in [0.29, 0.717) is 6.04 Å². The second kappa shape index (κ2) is 8.72. The first-order chi connectivity index (χ1) is 13.7. The van der Waals surface area contributed by atoms with Crippen molar-refractivity contribution in [3.63, 3.8) is 0 Å². The lowest BCUT2D eigenvalue weighted by Crippen LogP contribution is -2.44. The molecule has 0 spiro atoms. The molecule has 0 unspecified atom stereocenters. The molecule has 5 heteroatoms. The monoisotopic (exact) mass is 378 g/mol. The highest BCUT2D eigenvalue weighted by molar-refractivity contribution is 5.79. The van der Waals surface area contributed by atoms with E-state index in [1.165, 1.54) is 24.8 Å². The van der Waals surface area contributed by atoms with Crippen molar-refractivity contribution in [2.45, 2.75) is 57.9 Å². The Morgan fingerprint density at radius 2 is 1.71 bits per heavy atom. The van der Waals surface area contributed by atoms with Gasteiger partial charge < -0.3 is 10.2 Å². The molecule has 28 heavy (non-hydrogen) atoms. The fourth-order valence-electron chi connectivity index (χ4n) is 4.37. The van der Waals surface area contributed by atoms with Gasteiger partial charge >= 0.3 is 0 Å². The predicted molar refractivity (Wildman–Crippen MR) is 112 cm³/mol. The summed E-state index contributed by atoms with van der Waals surface area (Å²) in [7, 11) is 0. The van der Waals surface area contributed by atoms with Crippen molar-refractivity contribution < 1.29 is 4.79 Å². The lowest BCUT2D eigenvalue weighted by atomic mass is 9.92. The van der Waals surface area contributed by atoms with Crippen molar-refractivity contribution in [3.8, 4) is 11.1 Å². The Balaban J connectivity index is 1.31. The number of nitrogens with zero attached hydrogens (tertiary/aromatic N) is 3. The lowest BCUT2D eigenvalue weighted by Gasteiger charge is -2.32. The Labute approximate surface area is 167 Å². The molecule has 0 atom stereocenters. The summed E-state index contributed by atoms with van der Waals surface area (Å²) in [4.78, 5) is 23.9. The Hall–Kier alpha value is -2.43. The average molecular weight is 379 g/mol. The van der Waals surface area contributed by atoms with Gasteiger partial charge in [0, 0.05) is 43.0 Å². The van der Waals surface area contributed by atoms with Gasteiger partial charge in [-0.1, -0.05) is 49.1 Å². The van der Waals surface area contributed by atoms with Crippen LogP contribution in [0, 0.1) is 12.8 Å². The van der Waals surface area contributed by atoms with Crippen LogP contribution in [0.3, 0.4) is 0 Å². The Morgan fingerprint density at radius 3 is 2.39 bits per heavy atom. The van der Waals surface area contributed by atoms with Crippen LogP contribution < -0.4 is 10.2 Å². The van der Waals surface area contributed by atoms with Gasteiger partial charge in [-0.05, 0) is 38.2 Å². The van der Waals surface area contributed by atoms with Crippen molar-refractivity contribution in [2.75, 3.05) is 18.0 Å². The molecule has 4 rings (SSSR count). The van der Waals surface area contributed by atoms with E-state index in [4.69, 9.17) is 0 Å². The maximum Gasteiger partial charge on any atom is 0.225 e. The van der Waals surface area contributed by atoms with Crippen molar-refractivity contribution in [1.82, 2.24) is 15.3 Å². The number of hydrogen-bond donors (Lipinski definition) is 1. The van der Waals surface area contributed by atoms with Crippen molar-refractivity contribution in [3.05, 3.63) is 42.2 Å². The number of aryl methyl sites for hydroxylation is 1. The molecule has 1 aliphatic carbocycles. The number of anilines is 1. The van der Waals surface area contributed by atoms with E-state index in [9.17, 15) is 4.79 Å². The molecule has 5 nitrogen and oxygen atoms in total. The standard InChI is InChI=1S/C23H30N4O/c1-17-6-5-7-19(14-17)20-15-24-23(25-16-20)27-12-10-18(11-13-27)22(28)26-21-8-3-2-4-9-21/h5-7,14-16,18,21H,2-4,8-13H2,1H3,(H,26,28). The zero-order chi connectivity index (χ0) is 19.3. The van der Waals surface area contributed by atoms with E-state index in [-0.39, 0.29) is 11.8 Å². The molecule has 2 aliphatic rings. The van der Waals surface area contributed by atoms with E-state index < -0.39 is 0 Å². The van der Waals surface area contributed by atoms with Crippen LogP contribution in [-0.4, -0.2) is 35.0 Å². The van der Waals surface area contributed by atoms with Crippen LogP contribution in [0.15, 0.2) is 36.7 Å². The van der Waals surface area contributed by atoms with E-state index in [2.05, 4.69) is 51.4 Å². The molecule has 1 N–H and O–H groups in total. The third-order valence-electron chi connectivity index (χ3n) is 6.09. The molecular formula is C23H30N4O. The summed E-state index contributed by atoms with van der Waals surface area (Å²) < 4.78 is 0. The first-order valence-electron chi connectivity index (χ1n) is 10.6. The van der Waals surface area contributed by atoms with Crippen molar-refractivity contribution in [1.29, 1.82) is 0 Å². The highest BCUT2D eigenvalue weighted by Gasteiger charge is 2.27. The number of rotatable bonds is 4. The second-order valence-corrected chi connectivity index (χ2v) is 8.25. The quantitative estimate of drug-likeness (QED) is 0.870. The summed E-state index contributed by atoms with van der Waals surface area (Å²) in [6, 6.07) is 8.78. The van der Waals surface area contributed by atoms with Crippen LogP contribution in [0.4, 0.5) is 5.95 Å². The minimum Gasteiger partial charge on any atom is -0.353 e. The summed E-state index contributed by atoms with van der Waals surface area (Å²) in [5.41, 5.74) is 3.41. The van der Waals surface area contributed by atoms with E-state index in [0.717, 1.165) is 55.8 Å². The number of carbonyl (C=O) groups is 1. The maximum atomic E-state index is 12.6. The fraction of sp³-hybridized carbons (Fsp3) is 0.522. The summed E-state index contributed by atoms with van der Waals surface area (Å²) in [5.74, 6) is 1.15. The third kappa shape index (κ3) is 4.51. The third-order valence-corrected chi connectivity index (χ3v) is 6.09. The van der Waals surface area contributed by atoms with Gasteiger partial charge in [-0.3, -0.25) is 4.79 Å². The molecule has 1 aromatic heterocycles. The number of carbonyl (C=O) groups excluding carboxylic acids is 1. The van der Waals surface area contributed by atoms with Crippen LogP contribution >= 0.6 is 0 Å². The van der Waals surface area contributed by atoms with Gasteiger partial charge in [0.05, 0.1) is 0 Å². The van der Waals surface area contributed by atoms with Gasteiger partial charge in [-0.2, -0.15) is 0 Å². The van der Waals surface area contributed by atoms with Gasteiger partial charge in [-0.25, -0.2) is 9.97 Å². The van der Waals surface area contributed by atoms with Crippen LogP contribution in [0.25, 0.3) is 11.1 Å². The maximum absolute atomic E-state index is 12.6. The molecule has 2 fully saturated rings. The van der Waals surface area contributed by atoms with E-state index in [1.807, 2.05) is 12.4 Å². The molecule has 1 aliphatic heterocycles. The molecule has 2 heterocycles. The Bertz CT molecular complexity index is 791. The molecule has 0 radical (unpaired) electrons. The normalized spacial score (nSPS) is 18.8. The Morgan fingerprint density at radius 1 is 1.00 bits per heavy atom. The summed E-state index contributed by atoms with van der Waals surface area (Å²) >= 11 is 0. The molecule has 0 bridgehead atoms. The zero-order valence-electron chi connectivity index (χ0n) is 16.7. The van der Waals surface area contributed by atoms with Gasteiger partial charge in [0.2, 0.25) is 11.9 Å². The smallest absolute Gasteiger partial charge is 0.225 e. The number of amides is 1. The van der Waals surface area contributed by atoms with Gasteiger partial charge in [0.25, 0.3) is 0 Å². The minimum atomic E-state index is 0.129. The molecule has 148 valence electrons. The van der Waals surface area contributed by atoms with Gasteiger partial charge in [-0.15, -0.1) is 0 Å². The van der Waals surface area contributed by atoms with Gasteiger partial charge in [0.15, 0.2) is 0 Å². The number of hydrogen-bond acceptors (Lipinski definition) is 4. The van der Waals surface area contributed by atoms with Crippen LogP contribution in [0.1, 0.15) is 50.5 Å². The zero-order valence-corrected chi connectivity index (χ0v) is 16.7. The summed E-state index contributed by atoms with van der Waals surface area (Å²) in [5, 5.41) is 3.28. The highest BCUT2D eigenvalue weighted by atomic mass is 16.1. The molecule has 1 aromatic carbocycles. The lowest BCUT2D eigenvalue weighted by molar-refractivity contribution is -0.126. The number of benzene rings is 1. The molecular weight excluding hydrogens is 348 g/mol. The first kappa shape index (κ1) is 18.9. The van der Waals surface area contributed by atoms with E-state index >= 15 is 0 Å². The first-order valence-corrected chi connectivity index (χ1v) is 10.6. The number of nitrogens with one attached hydrogen (secondary N) is 1. The summed E-state index contributed by atoms with van der Waals surface area (Å²) in [6.45, 7) is 3.77. The second-order valence-electron chi connectivity index (χ2n) is 8.25. The van der Waals surface area contributed by atoms with Crippen LogP contribution in [-0.2, 0) is 4.79 Å².